The molecule has 0 aliphatic carbocycles. The Morgan fingerprint density at radius 1 is 1.33 bits per heavy atom. The molecule has 3 rings (SSSR count). The number of carbonyl (C=O) groups is 1. The van der Waals surface area contributed by atoms with Crippen molar-refractivity contribution in [2.45, 2.75) is 20.4 Å². The number of rotatable bonds is 3. The fourth-order valence-corrected chi connectivity index (χ4v) is 3.03. The van der Waals surface area contributed by atoms with E-state index in [9.17, 15) is 4.79 Å². The number of hydrogen-bond donors (Lipinski definition) is 1. The minimum absolute atomic E-state index is 0.0377. The van der Waals surface area contributed by atoms with E-state index in [1.165, 1.54) is 5.56 Å². The van der Waals surface area contributed by atoms with E-state index in [1.54, 1.807) is 16.2 Å². The van der Waals surface area contributed by atoms with Crippen molar-refractivity contribution in [3.8, 4) is 0 Å². The average molecular weight is 299 g/mol. The molecule has 0 saturated heterocycles. The Balaban J connectivity index is 1.78. The molecule has 0 spiro atoms. The van der Waals surface area contributed by atoms with E-state index in [2.05, 4.69) is 36.3 Å². The van der Waals surface area contributed by atoms with Gasteiger partial charge in [-0.1, -0.05) is 23.8 Å². The highest BCUT2D eigenvalue weighted by Gasteiger charge is 2.26. The van der Waals surface area contributed by atoms with Gasteiger partial charge in [0, 0.05) is 10.6 Å². The van der Waals surface area contributed by atoms with E-state index in [0.717, 1.165) is 16.1 Å². The molecule has 0 bridgehead atoms. The first-order chi connectivity index (χ1) is 10.1. The first-order valence-electron chi connectivity index (χ1n) is 6.85. The van der Waals surface area contributed by atoms with Crippen molar-refractivity contribution in [1.82, 2.24) is 4.90 Å². The van der Waals surface area contributed by atoms with Gasteiger partial charge in [-0.25, -0.2) is 4.99 Å². The van der Waals surface area contributed by atoms with Crippen LogP contribution in [0.5, 0.6) is 0 Å². The largest absolute Gasteiger partial charge is 0.326 e. The molecule has 4 nitrogen and oxygen atoms in total. The van der Waals surface area contributed by atoms with Crippen molar-refractivity contribution >= 4 is 28.9 Å². The summed E-state index contributed by atoms with van der Waals surface area (Å²) >= 11 is 1.65. The number of aryl methyl sites for hydroxylation is 2. The number of guanidine groups is 1. The summed E-state index contributed by atoms with van der Waals surface area (Å²) in [5.41, 5.74) is 3.36. The lowest BCUT2D eigenvalue weighted by Gasteiger charge is -2.19. The van der Waals surface area contributed by atoms with E-state index in [-0.39, 0.29) is 12.5 Å². The maximum absolute atomic E-state index is 12.0. The second-order valence-corrected chi connectivity index (χ2v) is 6.17. The van der Waals surface area contributed by atoms with E-state index in [1.807, 2.05) is 23.6 Å². The van der Waals surface area contributed by atoms with E-state index in [4.69, 9.17) is 0 Å². The zero-order chi connectivity index (χ0) is 14.8. The van der Waals surface area contributed by atoms with Gasteiger partial charge in [-0.05, 0) is 36.9 Å². The molecule has 2 heterocycles. The van der Waals surface area contributed by atoms with Crippen molar-refractivity contribution in [3.63, 3.8) is 0 Å². The van der Waals surface area contributed by atoms with Crippen LogP contribution >= 0.6 is 11.3 Å². The molecule has 0 unspecified atom stereocenters. The van der Waals surface area contributed by atoms with Gasteiger partial charge in [-0.2, -0.15) is 0 Å². The summed E-state index contributed by atoms with van der Waals surface area (Å²) in [6.07, 6.45) is 0. The van der Waals surface area contributed by atoms with E-state index in [0.29, 0.717) is 12.5 Å². The molecular weight excluding hydrogens is 282 g/mol. The van der Waals surface area contributed by atoms with Crippen LogP contribution in [0.4, 0.5) is 5.69 Å². The Morgan fingerprint density at radius 3 is 2.90 bits per heavy atom. The number of benzene rings is 1. The normalized spacial score (nSPS) is 14.5. The van der Waals surface area contributed by atoms with Crippen LogP contribution in [-0.4, -0.2) is 23.3 Å². The maximum Gasteiger partial charge on any atom is 0.251 e. The highest BCUT2D eigenvalue weighted by Crippen LogP contribution is 2.20. The Bertz CT molecular complexity index is 692. The second-order valence-electron chi connectivity index (χ2n) is 5.14. The highest BCUT2D eigenvalue weighted by atomic mass is 32.1. The van der Waals surface area contributed by atoms with Gasteiger partial charge in [0.1, 0.15) is 6.54 Å². The number of carbonyl (C=O) groups excluding carboxylic acids is 1. The zero-order valence-electron chi connectivity index (χ0n) is 12.1. The predicted octanol–water partition coefficient (Wildman–Crippen LogP) is 3.18. The van der Waals surface area contributed by atoms with Crippen molar-refractivity contribution in [2.75, 3.05) is 11.9 Å². The van der Waals surface area contributed by atoms with Gasteiger partial charge in [0.05, 0.1) is 6.54 Å². The van der Waals surface area contributed by atoms with Gasteiger partial charge < -0.3 is 5.32 Å². The Morgan fingerprint density at radius 2 is 2.19 bits per heavy atom. The first-order valence-corrected chi connectivity index (χ1v) is 7.73. The Kier molecular flexibility index (Phi) is 3.75. The topological polar surface area (TPSA) is 44.7 Å². The van der Waals surface area contributed by atoms with Crippen molar-refractivity contribution in [1.29, 1.82) is 0 Å². The molecular formula is C16H17N3OS. The van der Waals surface area contributed by atoms with Gasteiger partial charge >= 0.3 is 0 Å². The van der Waals surface area contributed by atoms with Crippen molar-refractivity contribution in [2.24, 2.45) is 4.99 Å². The number of amides is 1. The predicted molar refractivity (Wildman–Crippen MR) is 86.7 cm³/mol. The molecule has 1 aromatic carbocycles. The molecule has 1 N–H and O–H groups in total. The van der Waals surface area contributed by atoms with Gasteiger partial charge in [-0.3, -0.25) is 9.69 Å². The summed E-state index contributed by atoms with van der Waals surface area (Å²) in [6.45, 7) is 4.92. The zero-order valence-corrected chi connectivity index (χ0v) is 12.9. The smallest absolute Gasteiger partial charge is 0.251 e. The number of aliphatic imine (C=N–C) groups is 1. The molecule has 108 valence electrons. The number of anilines is 1. The maximum atomic E-state index is 12.0. The quantitative estimate of drug-likeness (QED) is 0.946. The third kappa shape index (κ3) is 2.97. The van der Waals surface area contributed by atoms with E-state index < -0.39 is 0 Å². The summed E-state index contributed by atoms with van der Waals surface area (Å²) in [7, 11) is 0. The van der Waals surface area contributed by atoms with Gasteiger partial charge in [0.2, 0.25) is 5.96 Å². The lowest BCUT2D eigenvalue weighted by Crippen LogP contribution is -2.36. The molecule has 2 aromatic rings. The van der Waals surface area contributed by atoms with Crippen LogP contribution < -0.4 is 5.32 Å². The van der Waals surface area contributed by atoms with Crippen LogP contribution in [0.3, 0.4) is 0 Å². The average Bonchev–Trinajstić information content (AvgIpc) is 3.07. The SMILES string of the molecule is Cc1ccc(NC2=NCC(=O)N2Cc2cccs2)c(C)c1. The summed E-state index contributed by atoms with van der Waals surface area (Å²) < 4.78 is 0. The van der Waals surface area contributed by atoms with Crippen LogP contribution in [0.15, 0.2) is 40.7 Å². The number of hydrogen-bond acceptors (Lipinski definition) is 4. The summed E-state index contributed by atoms with van der Waals surface area (Å²) in [4.78, 5) is 19.2. The third-order valence-electron chi connectivity index (χ3n) is 3.44. The number of nitrogens with zero attached hydrogens (tertiary/aromatic N) is 2. The fraction of sp³-hybridized carbons (Fsp3) is 0.250. The highest BCUT2D eigenvalue weighted by molar-refractivity contribution is 7.09. The number of thiophene rings is 1. The van der Waals surface area contributed by atoms with Crippen LogP contribution in [0.2, 0.25) is 0 Å². The molecule has 1 aliphatic rings. The van der Waals surface area contributed by atoms with Crippen LogP contribution in [0.25, 0.3) is 0 Å². The molecule has 0 atom stereocenters. The van der Waals surface area contributed by atoms with E-state index >= 15 is 0 Å². The van der Waals surface area contributed by atoms with Crippen molar-refractivity contribution < 1.29 is 4.79 Å². The Hall–Kier alpha value is -2.14. The van der Waals surface area contributed by atoms with Crippen molar-refractivity contribution in [3.05, 3.63) is 51.7 Å². The third-order valence-corrected chi connectivity index (χ3v) is 4.30. The van der Waals surface area contributed by atoms with Gasteiger partial charge in [-0.15, -0.1) is 11.3 Å². The molecule has 1 amide bonds. The standard InChI is InChI=1S/C16H17N3OS/c1-11-5-6-14(12(2)8-11)18-16-17-9-15(20)19(16)10-13-4-3-7-21-13/h3-8H,9-10H2,1-2H3,(H,17,18). The first kappa shape index (κ1) is 13.8. The lowest BCUT2D eigenvalue weighted by molar-refractivity contribution is -0.125. The minimum atomic E-state index is 0.0377. The van der Waals surface area contributed by atoms with Crippen LogP contribution in [0.1, 0.15) is 16.0 Å². The number of nitrogens with one attached hydrogen (secondary N) is 1. The second kappa shape index (κ2) is 5.69. The summed E-state index contributed by atoms with van der Waals surface area (Å²) in [5, 5.41) is 5.31. The van der Waals surface area contributed by atoms with Gasteiger partial charge in [0.25, 0.3) is 5.91 Å². The minimum Gasteiger partial charge on any atom is -0.326 e. The molecule has 0 saturated carbocycles. The molecule has 21 heavy (non-hydrogen) atoms. The van der Waals surface area contributed by atoms with Crippen LogP contribution in [-0.2, 0) is 11.3 Å². The lowest BCUT2D eigenvalue weighted by atomic mass is 10.1. The van der Waals surface area contributed by atoms with Crippen LogP contribution in [0, 0.1) is 13.8 Å². The summed E-state index contributed by atoms with van der Waals surface area (Å²) in [5.74, 6) is 0.677. The molecule has 0 radical (unpaired) electrons. The molecule has 0 fully saturated rings. The monoisotopic (exact) mass is 299 g/mol. The molecule has 5 heteroatoms. The summed E-state index contributed by atoms with van der Waals surface area (Å²) in [6, 6.07) is 10.2. The Labute approximate surface area is 128 Å². The van der Waals surface area contributed by atoms with Gasteiger partial charge in [0.15, 0.2) is 0 Å². The molecule has 1 aromatic heterocycles. The fourth-order valence-electron chi connectivity index (χ4n) is 2.33. The molecule has 1 aliphatic heterocycles.